The topological polar surface area (TPSA) is 38.3 Å². The van der Waals surface area contributed by atoms with E-state index in [0.29, 0.717) is 16.3 Å². The van der Waals surface area contributed by atoms with Crippen molar-refractivity contribution in [1.82, 2.24) is 0 Å². The summed E-state index contributed by atoms with van der Waals surface area (Å²) in [5.41, 5.74) is -0.140. The Labute approximate surface area is 152 Å². The maximum Gasteiger partial charge on any atom is 0.417 e. The molecule has 1 N–H and O–H groups in total. The molecule has 1 amide bonds. The molecule has 0 spiro atoms. The van der Waals surface area contributed by atoms with E-state index in [9.17, 15) is 18.0 Å². The highest BCUT2D eigenvalue weighted by molar-refractivity contribution is 6.32. The molecule has 25 heavy (non-hydrogen) atoms. The highest BCUT2D eigenvalue weighted by atomic mass is 35.5. The van der Waals surface area contributed by atoms with Gasteiger partial charge >= 0.3 is 6.18 Å². The smallest absolute Gasteiger partial charge is 0.417 e. The number of benzene rings is 2. The third kappa shape index (κ3) is 5.14. The van der Waals surface area contributed by atoms with Crippen LogP contribution in [0.1, 0.15) is 11.1 Å². The second-order valence-corrected chi connectivity index (χ2v) is 5.72. The normalized spacial score (nSPS) is 11.6. The van der Waals surface area contributed by atoms with E-state index in [0.717, 1.165) is 18.2 Å². The first-order valence-corrected chi connectivity index (χ1v) is 7.65. The molecule has 2 aromatic carbocycles. The predicted molar refractivity (Wildman–Crippen MR) is 92.1 cm³/mol. The third-order valence-electron chi connectivity index (χ3n) is 3.14. The maximum absolute atomic E-state index is 12.6. The van der Waals surface area contributed by atoms with Crippen LogP contribution in [0.4, 0.5) is 18.9 Å². The van der Waals surface area contributed by atoms with E-state index < -0.39 is 22.7 Å². The van der Waals surface area contributed by atoms with Crippen molar-refractivity contribution in [3.8, 4) is 5.75 Å². The van der Waals surface area contributed by atoms with Crippen LogP contribution in [-0.4, -0.2) is 13.0 Å². The minimum atomic E-state index is -4.55. The lowest BCUT2D eigenvalue weighted by atomic mass is 10.2. The van der Waals surface area contributed by atoms with Crippen molar-refractivity contribution < 1.29 is 22.7 Å². The summed E-state index contributed by atoms with van der Waals surface area (Å²) in [6.07, 6.45) is -1.80. The summed E-state index contributed by atoms with van der Waals surface area (Å²) < 4.78 is 43.0. The van der Waals surface area contributed by atoms with Gasteiger partial charge in [-0.3, -0.25) is 4.79 Å². The van der Waals surface area contributed by atoms with Crippen LogP contribution in [0.3, 0.4) is 0 Å². The molecule has 8 heteroatoms. The molecule has 132 valence electrons. The Balaban J connectivity index is 2.09. The van der Waals surface area contributed by atoms with Gasteiger partial charge in [0.25, 0.3) is 0 Å². The number of hydrogen-bond donors (Lipinski definition) is 1. The highest BCUT2D eigenvalue weighted by Crippen LogP contribution is 2.35. The van der Waals surface area contributed by atoms with Gasteiger partial charge in [0, 0.05) is 11.8 Å². The van der Waals surface area contributed by atoms with Crippen LogP contribution in [0, 0.1) is 0 Å². The molecule has 2 rings (SSSR count). The molecule has 0 fully saturated rings. The number of halogens is 5. The number of rotatable bonds is 4. The van der Waals surface area contributed by atoms with Crippen molar-refractivity contribution in [2.24, 2.45) is 0 Å². The lowest BCUT2D eigenvalue weighted by Gasteiger charge is -2.10. The van der Waals surface area contributed by atoms with Crippen molar-refractivity contribution >= 4 is 40.9 Å². The zero-order chi connectivity index (χ0) is 18.6. The lowest BCUT2D eigenvalue weighted by Crippen LogP contribution is -2.10. The highest BCUT2D eigenvalue weighted by Gasteiger charge is 2.33. The second kappa shape index (κ2) is 7.80. The Morgan fingerprint density at radius 1 is 1.12 bits per heavy atom. The number of methoxy groups -OCH3 is 1. The molecule has 0 aliphatic rings. The Bertz CT molecular complexity index is 820. The first-order valence-electron chi connectivity index (χ1n) is 6.90. The molecule has 0 atom stereocenters. The van der Waals surface area contributed by atoms with Gasteiger partial charge in [0.05, 0.1) is 22.7 Å². The minimum absolute atomic E-state index is 0.154. The number of hydrogen-bond acceptors (Lipinski definition) is 2. The van der Waals surface area contributed by atoms with Crippen molar-refractivity contribution in [2.75, 3.05) is 12.4 Å². The number of ether oxygens (including phenoxy) is 1. The maximum atomic E-state index is 12.6. The van der Waals surface area contributed by atoms with Gasteiger partial charge in [-0.25, -0.2) is 0 Å². The van der Waals surface area contributed by atoms with Gasteiger partial charge in [0.1, 0.15) is 5.75 Å². The van der Waals surface area contributed by atoms with Gasteiger partial charge in [-0.05, 0) is 42.0 Å². The van der Waals surface area contributed by atoms with Gasteiger partial charge < -0.3 is 10.1 Å². The molecule has 0 saturated carbocycles. The first-order chi connectivity index (χ1) is 11.7. The fraction of sp³-hybridized carbons (Fsp3) is 0.118. The molecule has 0 aliphatic heterocycles. The van der Waals surface area contributed by atoms with E-state index >= 15 is 0 Å². The summed E-state index contributed by atoms with van der Waals surface area (Å²) in [5, 5.41) is 2.38. The summed E-state index contributed by atoms with van der Waals surface area (Å²) in [5.74, 6) is -0.0662. The molecule has 3 nitrogen and oxygen atoms in total. The van der Waals surface area contributed by atoms with Gasteiger partial charge in [-0.1, -0.05) is 29.3 Å². The summed E-state index contributed by atoms with van der Waals surface area (Å²) >= 11 is 11.5. The number of carbonyl (C=O) groups is 1. The van der Waals surface area contributed by atoms with Crippen LogP contribution in [-0.2, 0) is 11.0 Å². The van der Waals surface area contributed by atoms with Crippen molar-refractivity contribution in [3.05, 3.63) is 63.6 Å². The van der Waals surface area contributed by atoms with E-state index in [2.05, 4.69) is 5.32 Å². The van der Waals surface area contributed by atoms with E-state index in [1.165, 1.54) is 19.3 Å². The van der Waals surface area contributed by atoms with Crippen molar-refractivity contribution in [1.29, 1.82) is 0 Å². The molecular formula is C17H12Cl2F3NO2. The zero-order valence-corrected chi connectivity index (χ0v) is 14.3. The summed E-state index contributed by atoms with van der Waals surface area (Å²) in [4.78, 5) is 11.9. The number of anilines is 1. The van der Waals surface area contributed by atoms with Crippen LogP contribution < -0.4 is 10.1 Å². The average molecular weight is 390 g/mol. The third-order valence-corrected chi connectivity index (χ3v) is 3.77. The molecular weight excluding hydrogens is 378 g/mol. The Morgan fingerprint density at radius 2 is 1.84 bits per heavy atom. The molecule has 0 radical (unpaired) electrons. The molecule has 0 unspecified atom stereocenters. The van der Waals surface area contributed by atoms with E-state index in [-0.39, 0.29) is 5.69 Å². The molecule has 0 bridgehead atoms. The Kier molecular flexibility index (Phi) is 5.98. The quantitative estimate of drug-likeness (QED) is 0.683. The van der Waals surface area contributed by atoms with Crippen LogP contribution in [0.25, 0.3) is 6.08 Å². The van der Waals surface area contributed by atoms with Crippen molar-refractivity contribution in [2.45, 2.75) is 6.18 Å². The summed E-state index contributed by atoms with van der Waals surface area (Å²) in [6, 6.07) is 7.93. The van der Waals surface area contributed by atoms with Crippen LogP contribution in [0.5, 0.6) is 5.75 Å². The number of nitrogens with one attached hydrogen (secondary N) is 1. The number of amides is 1. The zero-order valence-electron chi connectivity index (χ0n) is 12.8. The standard InChI is InChI=1S/C17H12Cl2F3NO2/c1-25-15-8-10(2-6-13(15)18)3-7-16(24)23-11-4-5-12(14(19)9-11)17(20,21)22/h2-9H,1H3,(H,23,24)/b7-3+. The van der Waals surface area contributed by atoms with Gasteiger partial charge in [-0.15, -0.1) is 0 Å². The molecule has 0 saturated heterocycles. The van der Waals surface area contributed by atoms with Gasteiger partial charge in [0.2, 0.25) is 5.91 Å². The molecule has 2 aromatic rings. The van der Waals surface area contributed by atoms with Crippen LogP contribution in [0.15, 0.2) is 42.5 Å². The van der Waals surface area contributed by atoms with Crippen LogP contribution in [0.2, 0.25) is 10.0 Å². The Morgan fingerprint density at radius 3 is 2.44 bits per heavy atom. The average Bonchev–Trinajstić information content (AvgIpc) is 2.53. The van der Waals surface area contributed by atoms with Gasteiger partial charge in [-0.2, -0.15) is 13.2 Å². The Hall–Kier alpha value is -2.18. The first kappa shape index (κ1) is 19.1. The summed E-state index contributed by atoms with van der Waals surface area (Å²) in [6.45, 7) is 0. The second-order valence-electron chi connectivity index (χ2n) is 4.91. The molecule has 0 aromatic heterocycles. The monoisotopic (exact) mass is 389 g/mol. The SMILES string of the molecule is COc1cc(/C=C/C(=O)Nc2ccc(C(F)(F)F)c(Cl)c2)ccc1Cl. The van der Waals surface area contributed by atoms with Gasteiger partial charge in [0.15, 0.2) is 0 Å². The fourth-order valence-corrected chi connectivity index (χ4v) is 2.44. The largest absolute Gasteiger partial charge is 0.495 e. The number of carbonyl (C=O) groups excluding carboxylic acids is 1. The van der Waals surface area contributed by atoms with Crippen LogP contribution >= 0.6 is 23.2 Å². The lowest BCUT2D eigenvalue weighted by molar-refractivity contribution is -0.137. The van der Waals surface area contributed by atoms with Crippen molar-refractivity contribution in [3.63, 3.8) is 0 Å². The van der Waals surface area contributed by atoms with E-state index in [1.54, 1.807) is 18.2 Å². The van der Waals surface area contributed by atoms with E-state index in [4.69, 9.17) is 27.9 Å². The number of alkyl halides is 3. The molecule has 0 heterocycles. The summed E-state index contributed by atoms with van der Waals surface area (Å²) in [7, 11) is 1.47. The fourth-order valence-electron chi connectivity index (χ4n) is 1.96. The molecule has 0 aliphatic carbocycles. The predicted octanol–water partition coefficient (Wildman–Crippen LogP) is 5.67. The van der Waals surface area contributed by atoms with E-state index in [1.807, 2.05) is 0 Å². The minimum Gasteiger partial charge on any atom is -0.495 e.